The van der Waals surface area contributed by atoms with Crippen LogP contribution in [0.15, 0.2) is 76.8 Å². The highest BCUT2D eigenvalue weighted by Crippen LogP contribution is 2.29. The molecule has 1 aromatic heterocycles. The molecule has 0 fully saturated rings. The Bertz CT molecular complexity index is 1060. The molecule has 0 spiro atoms. The molecule has 0 atom stereocenters. The lowest BCUT2D eigenvalue weighted by molar-refractivity contribution is -0.141. The maximum Gasteiger partial charge on any atom is 0.326 e. The minimum absolute atomic E-state index is 0.0444. The van der Waals surface area contributed by atoms with Crippen molar-refractivity contribution in [2.75, 3.05) is 34.4 Å². The minimum Gasteiger partial charge on any atom is -0.493 e. The first-order valence-electron chi connectivity index (χ1n) is 10.5. The van der Waals surface area contributed by atoms with Crippen LogP contribution in [-0.2, 0) is 9.53 Å². The molecule has 0 aliphatic heterocycles. The van der Waals surface area contributed by atoms with Crippen LogP contribution >= 0.6 is 24.0 Å². The third kappa shape index (κ3) is 11.7. The molecule has 0 unspecified atom stereocenters. The lowest BCUT2D eigenvalue weighted by Gasteiger charge is -2.12. The second-order valence-corrected chi connectivity index (χ2v) is 8.89. The summed E-state index contributed by atoms with van der Waals surface area (Å²) in [6.07, 6.45) is 1.39. The molecule has 0 saturated carbocycles. The van der Waals surface area contributed by atoms with Gasteiger partial charge in [0.1, 0.15) is 6.54 Å². The molecular formula is C25H34N4O4S2. The van der Waals surface area contributed by atoms with Crippen LogP contribution in [0.25, 0.3) is 10.4 Å². The lowest BCUT2D eigenvalue weighted by Crippen LogP contribution is -2.33. The Labute approximate surface area is 216 Å². The summed E-state index contributed by atoms with van der Waals surface area (Å²) in [4.78, 5) is 11.9. The molecule has 3 aromatic rings. The molecule has 6 N–H and O–H groups in total. The predicted molar refractivity (Wildman–Crippen MR) is 146 cm³/mol. The van der Waals surface area contributed by atoms with Gasteiger partial charge >= 0.3 is 5.97 Å². The van der Waals surface area contributed by atoms with Gasteiger partial charge in [0.2, 0.25) is 0 Å². The standard InChI is InChI=1S/C10H8S2.C9H12O2.C6H14N4O2/c11-10-7-6-9(12-10)8-4-2-1-3-5-8;1-7-4-5-8(10-2)9(6-7)11-3;1-12-6(11)4-10(9)3-5(8)2-7/h1-7,11H;4-6H,1-3H3;3H,2,4,7-9H2,1H3/b;;5-3-. The summed E-state index contributed by atoms with van der Waals surface area (Å²) < 4.78 is 15.6. The average Bonchev–Trinajstić information content (AvgIpc) is 3.31. The fourth-order valence-corrected chi connectivity index (χ4v) is 3.67. The van der Waals surface area contributed by atoms with E-state index in [1.165, 1.54) is 29.3 Å². The number of rotatable bonds is 7. The van der Waals surface area contributed by atoms with Crippen LogP contribution in [0.2, 0.25) is 0 Å². The van der Waals surface area contributed by atoms with Crippen molar-refractivity contribution in [2.45, 2.75) is 11.1 Å². The van der Waals surface area contributed by atoms with Gasteiger partial charge in [0.15, 0.2) is 11.5 Å². The van der Waals surface area contributed by atoms with Gasteiger partial charge in [-0.3, -0.25) is 4.79 Å². The van der Waals surface area contributed by atoms with E-state index in [9.17, 15) is 4.79 Å². The number of thiophene rings is 1. The normalized spacial score (nSPS) is 10.2. The van der Waals surface area contributed by atoms with Gasteiger partial charge < -0.3 is 30.7 Å². The molecule has 0 radical (unpaired) electrons. The molecule has 0 bridgehead atoms. The summed E-state index contributed by atoms with van der Waals surface area (Å²) in [5, 5.41) is 1.12. The molecule has 0 amide bonds. The topological polar surface area (TPSA) is 126 Å². The van der Waals surface area contributed by atoms with Crippen LogP contribution in [0.3, 0.4) is 0 Å². The van der Waals surface area contributed by atoms with Crippen LogP contribution in [0.1, 0.15) is 5.56 Å². The Balaban J connectivity index is 0.000000263. The highest BCUT2D eigenvalue weighted by molar-refractivity contribution is 7.83. The largest absolute Gasteiger partial charge is 0.493 e. The molecule has 35 heavy (non-hydrogen) atoms. The number of carbonyl (C=O) groups is 1. The summed E-state index contributed by atoms with van der Waals surface area (Å²) in [7, 11) is 4.55. The zero-order valence-corrected chi connectivity index (χ0v) is 22.1. The molecule has 2 aromatic carbocycles. The molecule has 0 aliphatic carbocycles. The Morgan fingerprint density at radius 3 is 2.20 bits per heavy atom. The number of carbonyl (C=O) groups excluding carboxylic acids is 1. The van der Waals surface area contributed by atoms with Crippen LogP contribution in [0.4, 0.5) is 0 Å². The van der Waals surface area contributed by atoms with E-state index in [1.54, 1.807) is 25.6 Å². The minimum atomic E-state index is -0.432. The molecule has 8 nitrogen and oxygen atoms in total. The number of ether oxygens (including phenoxy) is 3. The van der Waals surface area contributed by atoms with E-state index in [0.717, 1.165) is 20.7 Å². The van der Waals surface area contributed by atoms with Crippen LogP contribution < -0.4 is 26.8 Å². The zero-order chi connectivity index (χ0) is 26.2. The quantitative estimate of drug-likeness (QED) is 0.161. The zero-order valence-electron chi connectivity index (χ0n) is 20.4. The van der Waals surface area contributed by atoms with Crippen molar-refractivity contribution in [3.05, 3.63) is 78.1 Å². The van der Waals surface area contributed by atoms with Crippen molar-refractivity contribution in [2.24, 2.45) is 17.3 Å². The van der Waals surface area contributed by atoms with Gasteiger partial charge in [-0.2, -0.15) is 0 Å². The Kier molecular flexibility index (Phi) is 14.0. The summed E-state index contributed by atoms with van der Waals surface area (Å²) in [6, 6.07) is 20.3. The number of esters is 1. The van der Waals surface area contributed by atoms with Crippen molar-refractivity contribution in [3.63, 3.8) is 0 Å². The molecule has 0 aliphatic rings. The molecule has 3 rings (SSSR count). The maximum atomic E-state index is 10.6. The first-order valence-corrected chi connectivity index (χ1v) is 11.8. The van der Waals surface area contributed by atoms with Crippen molar-refractivity contribution < 1.29 is 19.0 Å². The van der Waals surface area contributed by atoms with Crippen LogP contribution in [0, 0.1) is 6.92 Å². The third-order valence-electron chi connectivity index (χ3n) is 4.30. The van der Waals surface area contributed by atoms with E-state index < -0.39 is 5.97 Å². The molecule has 10 heteroatoms. The number of methoxy groups -OCH3 is 3. The summed E-state index contributed by atoms with van der Waals surface area (Å²) >= 11 is 5.98. The molecule has 190 valence electrons. The van der Waals surface area contributed by atoms with E-state index >= 15 is 0 Å². The second-order valence-electron chi connectivity index (χ2n) is 7.02. The lowest BCUT2D eigenvalue weighted by atomic mass is 10.2. The van der Waals surface area contributed by atoms with Gasteiger partial charge in [-0.15, -0.1) is 24.0 Å². The van der Waals surface area contributed by atoms with Gasteiger partial charge in [0.05, 0.1) is 25.5 Å². The molecule has 1 heterocycles. The van der Waals surface area contributed by atoms with Gasteiger partial charge in [0, 0.05) is 23.3 Å². The van der Waals surface area contributed by atoms with Crippen molar-refractivity contribution in [3.8, 4) is 21.9 Å². The molecular weight excluding hydrogens is 484 g/mol. The number of hydrazine groups is 1. The summed E-state index contributed by atoms with van der Waals surface area (Å²) in [6.45, 7) is 2.17. The number of hydrogen-bond acceptors (Lipinski definition) is 10. The van der Waals surface area contributed by atoms with Crippen molar-refractivity contribution in [1.82, 2.24) is 5.01 Å². The predicted octanol–water partition coefficient (Wildman–Crippen LogP) is 3.81. The fraction of sp³-hybridized carbons (Fsp3) is 0.240. The Morgan fingerprint density at radius 1 is 1.03 bits per heavy atom. The number of aryl methyl sites for hydroxylation is 1. The van der Waals surface area contributed by atoms with E-state index in [-0.39, 0.29) is 13.1 Å². The Morgan fingerprint density at radius 2 is 1.69 bits per heavy atom. The van der Waals surface area contributed by atoms with Gasteiger partial charge in [0.25, 0.3) is 0 Å². The van der Waals surface area contributed by atoms with E-state index in [1.807, 2.05) is 49.4 Å². The number of hydrogen-bond donors (Lipinski definition) is 4. The SMILES string of the molecule is COC(=O)CN(N)/C=C(\N)CN.COc1ccc(C)cc1OC.Sc1ccc(-c2ccccc2)s1. The maximum absolute atomic E-state index is 10.6. The summed E-state index contributed by atoms with van der Waals surface area (Å²) in [5.41, 5.74) is 13.4. The smallest absolute Gasteiger partial charge is 0.326 e. The van der Waals surface area contributed by atoms with Crippen LogP contribution in [0.5, 0.6) is 11.5 Å². The van der Waals surface area contributed by atoms with Crippen LogP contribution in [-0.4, -0.2) is 45.4 Å². The monoisotopic (exact) mass is 518 g/mol. The molecule has 0 saturated heterocycles. The van der Waals surface area contributed by atoms with Gasteiger partial charge in [-0.1, -0.05) is 36.4 Å². The number of thiol groups is 1. The van der Waals surface area contributed by atoms with E-state index in [4.69, 9.17) is 26.8 Å². The van der Waals surface area contributed by atoms with Crippen molar-refractivity contribution in [1.29, 1.82) is 0 Å². The highest BCUT2D eigenvalue weighted by atomic mass is 32.2. The number of nitrogens with two attached hydrogens (primary N) is 3. The van der Waals surface area contributed by atoms with Gasteiger partial charge in [-0.05, 0) is 42.3 Å². The van der Waals surface area contributed by atoms with Crippen molar-refractivity contribution >= 4 is 29.9 Å². The van der Waals surface area contributed by atoms with Gasteiger partial charge in [-0.25, -0.2) is 5.84 Å². The summed E-state index contributed by atoms with van der Waals surface area (Å²) in [5.74, 6) is 6.48. The highest BCUT2D eigenvalue weighted by Gasteiger charge is 2.03. The number of benzene rings is 2. The second kappa shape index (κ2) is 16.4. The fourth-order valence-electron chi connectivity index (χ4n) is 2.55. The van der Waals surface area contributed by atoms with E-state index in [0.29, 0.717) is 5.70 Å². The Hall–Kier alpha value is -3.18. The first kappa shape index (κ1) is 29.9. The van der Waals surface area contributed by atoms with E-state index in [2.05, 4.69) is 35.6 Å². The first-order chi connectivity index (χ1) is 16.7. The number of nitrogens with zero attached hydrogens (tertiary/aromatic N) is 1. The average molecular weight is 519 g/mol. The third-order valence-corrected chi connectivity index (χ3v) is 5.66.